The molecule has 0 N–H and O–H groups in total. The van der Waals surface area contributed by atoms with E-state index in [-0.39, 0.29) is 10.7 Å². The molecule has 2 aromatic heterocycles. The number of hydrogen-bond donors (Lipinski definition) is 0. The van der Waals surface area contributed by atoms with Crippen LogP contribution in [0.25, 0.3) is 21.9 Å². The lowest BCUT2D eigenvalue weighted by atomic mass is 10.1. The number of nitrogens with zero attached hydrogens (tertiary/aromatic N) is 5. The third-order valence-electron chi connectivity index (χ3n) is 4.99. The van der Waals surface area contributed by atoms with Crippen molar-refractivity contribution in [1.29, 1.82) is 0 Å². The molecular weight excluding hydrogens is 427 g/mol. The second kappa shape index (κ2) is 8.01. The lowest BCUT2D eigenvalue weighted by molar-refractivity contribution is -0.139. The van der Waals surface area contributed by atoms with Crippen molar-refractivity contribution in [1.82, 2.24) is 19.4 Å². The molecule has 5 nitrogen and oxygen atoms in total. The maximum atomic E-state index is 13.4. The van der Waals surface area contributed by atoms with Crippen molar-refractivity contribution in [3.8, 4) is 0 Å². The van der Waals surface area contributed by atoms with Gasteiger partial charge in [-0.2, -0.15) is 18.2 Å². The first-order chi connectivity index (χ1) is 14.6. The zero-order chi connectivity index (χ0) is 22.3. The first kappa shape index (κ1) is 21.4. The van der Waals surface area contributed by atoms with Crippen LogP contribution in [0, 0.1) is 0 Å². The summed E-state index contributed by atoms with van der Waals surface area (Å²) in [6, 6.07) is 14.8. The first-order valence-electron chi connectivity index (χ1n) is 9.62. The van der Waals surface area contributed by atoms with Crippen molar-refractivity contribution in [3.05, 3.63) is 59.2 Å². The van der Waals surface area contributed by atoms with E-state index >= 15 is 0 Å². The van der Waals surface area contributed by atoms with Crippen molar-refractivity contribution < 1.29 is 13.2 Å². The van der Waals surface area contributed by atoms with Crippen LogP contribution in [0.3, 0.4) is 0 Å². The van der Waals surface area contributed by atoms with Gasteiger partial charge in [0.2, 0.25) is 5.95 Å². The molecule has 0 atom stereocenters. The number of fused-ring (bicyclic) bond motifs is 3. The number of anilines is 2. The fourth-order valence-corrected chi connectivity index (χ4v) is 3.96. The summed E-state index contributed by atoms with van der Waals surface area (Å²) in [6.07, 6.45) is -4.41. The van der Waals surface area contributed by atoms with Gasteiger partial charge in [0, 0.05) is 24.7 Å². The number of benzene rings is 2. The molecule has 0 spiro atoms. The lowest BCUT2D eigenvalue weighted by Crippen LogP contribution is -2.18. The molecule has 4 aromatic rings. The number of aromatic nitrogens is 3. The molecule has 0 aliphatic carbocycles. The van der Waals surface area contributed by atoms with E-state index in [0.717, 1.165) is 15.8 Å². The van der Waals surface area contributed by atoms with Crippen LogP contribution in [0.2, 0.25) is 5.15 Å². The summed E-state index contributed by atoms with van der Waals surface area (Å²) in [4.78, 5) is 12.7. The summed E-state index contributed by atoms with van der Waals surface area (Å²) in [5.41, 5.74) is 2.81. The highest BCUT2D eigenvalue weighted by atomic mass is 35.5. The van der Waals surface area contributed by atoms with Gasteiger partial charge in [0.05, 0.1) is 5.52 Å². The zero-order valence-electron chi connectivity index (χ0n) is 17.3. The first-order valence-corrected chi connectivity index (χ1v) is 10.0. The molecule has 0 unspecified atom stereocenters. The average molecular weight is 448 g/mol. The van der Waals surface area contributed by atoms with E-state index in [9.17, 15) is 13.2 Å². The highest BCUT2D eigenvalue weighted by Gasteiger charge is 2.31. The van der Waals surface area contributed by atoms with E-state index in [0.29, 0.717) is 28.9 Å². The molecule has 162 valence electrons. The maximum Gasteiger partial charge on any atom is 0.406 e. The zero-order valence-corrected chi connectivity index (χ0v) is 18.0. The summed E-state index contributed by atoms with van der Waals surface area (Å²) in [7, 11) is 5.66. The number of rotatable bonds is 5. The monoisotopic (exact) mass is 447 g/mol. The molecule has 9 heteroatoms. The number of para-hydroxylation sites is 1. The average Bonchev–Trinajstić information content (AvgIpc) is 2.99. The Kier molecular flexibility index (Phi) is 5.53. The molecule has 0 saturated heterocycles. The van der Waals surface area contributed by atoms with Crippen molar-refractivity contribution in [2.75, 3.05) is 26.0 Å². The molecule has 2 heterocycles. The van der Waals surface area contributed by atoms with Gasteiger partial charge in [-0.05, 0) is 43.9 Å². The predicted octanol–water partition coefficient (Wildman–Crippen LogP) is 5.63. The Morgan fingerprint density at radius 2 is 1.71 bits per heavy atom. The van der Waals surface area contributed by atoms with E-state index in [1.165, 1.54) is 0 Å². The molecule has 0 saturated carbocycles. The molecular formula is C22H21ClF3N5. The van der Waals surface area contributed by atoms with Crippen molar-refractivity contribution in [3.63, 3.8) is 0 Å². The Morgan fingerprint density at radius 1 is 1.00 bits per heavy atom. The minimum absolute atomic E-state index is 0.0163. The summed E-state index contributed by atoms with van der Waals surface area (Å²) in [5, 5.41) is 0.600. The van der Waals surface area contributed by atoms with Crippen molar-refractivity contribution >= 4 is 45.2 Å². The van der Waals surface area contributed by atoms with Gasteiger partial charge in [0.25, 0.3) is 0 Å². The Hall–Kier alpha value is -2.84. The SMILES string of the molecule is CN(C)Cc1ccc2c(c1)c1nc(N(C)c3ccccc3)nc(Cl)c1n2CC(F)(F)F. The van der Waals surface area contributed by atoms with Gasteiger partial charge in [0.15, 0.2) is 5.15 Å². The maximum absolute atomic E-state index is 13.4. The Balaban J connectivity index is 1.97. The fourth-order valence-electron chi connectivity index (χ4n) is 3.70. The second-order valence-corrected chi connectivity index (χ2v) is 8.05. The minimum Gasteiger partial charge on any atom is -0.327 e. The standard InChI is InChI=1S/C22H21ClF3N5/c1-29(2)12-14-9-10-17-16(11-14)18-19(31(17)13-22(24,25)26)20(23)28-21(27-18)30(3)15-7-5-4-6-8-15/h4-11H,12-13H2,1-3H3. The summed E-state index contributed by atoms with van der Waals surface area (Å²) < 4.78 is 41.3. The van der Waals surface area contributed by atoms with Gasteiger partial charge in [-0.1, -0.05) is 35.9 Å². The molecule has 2 aromatic carbocycles. The van der Waals surface area contributed by atoms with Gasteiger partial charge in [-0.3, -0.25) is 0 Å². The summed E-state index contributed by atoms with van der Waals surface area (Å²) in [6.45, 7) is -0.519. The van der Waals surface area contributed by atoms with Crippen LogP contribution in [-0.4, -0.2) is 46.8 Å². The van der Waals surface area contributed by atoms with Crippen LogP contribution >= 0.6 is 11.6 Å². The van der Waals surface area contributed by atoms with Crippen LogP contribution in [0.4, 0.5) is 24.8 Å². The quantitative estimate of drug-likeness (QED) is 0.371. The lowest BCUT2D eigenvalue weighted by Gasteiger charge is -2.17. The Labute approximate surface area is 182 Å². The molecule has 0 aliphatic heterocycles. The van der Waals surface area contributed by atoms with E-state index < -0.39 is 12.7 Å². The Morgan fingerprint density at radius 3 is 2.35 bits per heavy atom. The van der Waals surface area contributed by atoms with E-state index in [2.05, 4.69) is 9.97 Å². The van der Waals surface area contributed by atoms with Crippen LogP contribution < -0.4 is 4.90 Å². The van der Waals surface area contributed by atoms with Crippen LogP contribution in [0.1, 0.15) is 5.56 Å². The topological polar surface area (TPSA) is 37.2 Å². The molecule has 4 rings (SSSR count). The van der Waals surface area contributed by atoms with Gasteiger partial charge in [-0.15, -0.1) is 0 Å². The molecule has 0 radical (unpaired) electrons. The molecule has 0 bridgehead atoms. The molecule has 0 aliphatic rings. The summed E-state index contributed by atoms with van der Waals surface area (Å²) in [5.74, 6) is 0.313. The predicted molar refractivity (Wildman–Crippen MR) is 118 cm³/mol. The number of alkyl halides is 3. The fraction of sp³-hybridized carbons (Fsp3) is 0.273. The third kappa shape index (κ3) is 4.31. The van der Waals surface area contributed by atoms with Crippen molar-refractivity contribution in [2.45, 2.75) is 19.3 Å². The third-order valence-corrected chi connectivity index (χ3v) is 5.25. The van der Waals surface area contributed by atoms with Gasteiger partial charge in [0.1, 0.15) is 17.6 Å². The largest absolute Gasteiger partial charge is 0.406 e. The number of hydrogen-bond acceptors (Lipinski definition) is 4. The molecule has 0 fully saturated rings. The van der Waals surface area contributed by atoms with Crippen LogP contribution in [0.5, 0.6) is 0 Å². The highest BCUT2D eigenvalue weighted by Crippen LogP contribution is 2.36. The van der Waals surface area contributed by atoms with Gasteiger partial charge >= 0.3 is 6.18 Å². The van der Waals surface area contributed by atoms with E-state index in [1.807, 2.05) is 61.5 Å². The summed E-state index contributed by atoms with van der Waals surface area (Å²) >= 11 is 6.45. The molecule has 0 amide bonds. The van der Waals surface area contributed by atoms with E-state index in [1.54, 1.807) is 18.0 Å². The smallest absolute Gasteiger partial charge is 0.327 e. The normalized spacial score (nSPS) is 12.3. The molecule has 31 heavy (non-hydrogen) atoms. The van der Waals surface area contributed by atoms with E-state index in [4.69, 9.17) is 11.6 Å². The van der Waals surface area contributed by atoms with Crippen LogP contribution in [0.15, 0.2) is 48.5 Å². The Bertz CT molecular complexity index is 1240. The van der Waals surface area contributed by atoms with Gasteiger partial charge < -0.3 is 14.4 Å². The minimum atomic E-state index is -4.41. The highest BCUT2D eigenvalue weighted by molar-refractivity contribution is 6.35. The van der Waals surface area contributed by atoms with Crippen LogP contribution in [-0.2, 0) is 13.1 Å². The van der Waals surface area contributed by atoms with Crippen molar-refractivity contribution in [2.24, 2.45) is 0 Å². The number of halogens is 4. The second-order valence-electron chi connectivity index (χ2n) is 7.70. The van der Waals surface area contributed by atoms with Gasteiger partial charge in [-0.25, -0.2) is 4.98 Å².